The predicted octanol–water partition coefficient (Wildman–Crippen LogP) is 2.78. The van der Waals surface area contributed by atoms with E-state index in [9.17, 15) is 4.79 Å². The largest absolute Gasteiger partial charge is 0.303 e. The molecule has 0 radical (unpaired) electrons. The van der Waals surface area contributed by atoms with Crippen molar-refractivity contribution in [2.45, 2.75) is 33.1 Å². The fraction of sp³-hybridized carbons (Fsp3) is 0.875. The summed E-state index contributed by atoms with van der Waals surface area (Å²) in [6.45, 7) is 3.96. The number of carbonyl (C=O) groups is 1. The van der Waals surface area contributed by atoms with E-state index < -0.39 is 0 Å². The van der Waals surface area contributed by atoms with E-state index in [4.69, 9.17) is 0 Å². The highest BCUT2D eigenvalue weighted by atomic mass is 79.9. The zero-order valence-electron chi connectivity index (χ0n) is 6.69. The Labute approximate surface area is 71.3 Å². The molecule has 2 heteroatoms. The molecule has 0 amide bonds. The maximum absolute atomic E-state index is 10.4. The highest BCUT2D eigenvalue weighted by Gasteiger charge is 2.14. The van der Waals surface area contributed by atoms with Crippen LogP contribution in [0.4, 0.5) is 0 Å². The van der Waals surface area contributed by atoms with E-state index in [1.807, 2.05) is 13.8 Å². The van der Waals surface area contributed by atoms with Gasteiger partial charge in [-0.05, 0) is 12.8 Å². The molecule has 0 aromatic rings. The quantitative estimate of drug-likeness (QED) is 0.385. The van der Waals surface area contributed by atoms with Gasteiger partial charge >= 0.3 is 0 Å². The molecule has 0 aromatic carbocycles. The molecule has 0 atom stereocenters. The van der Waals surface area contributed by atoms with Gasteiger partial charge in [0.15, 0.2) is 0 Å². The van der Waals surface area contributed by atoms with E-state index in [-0.39, 0.29) is 5.41 Å². The minimum atomic E-state index is -0.109. The van der Waals surface area contributed by atoms with Gasteiger partial charge in [-0.15, -0.1) is 0 Å². The van der Waals surface area contributed by atoms with E-state index >= 15 is 0 Å². The van der Waals surface area contributed by atoms with Crippen LogP contribution in [0.15, 0.2) is 0 Å². The van der Waals surface area contributed by atoms with Crippen LogP contribution >= 0.6 is 15.9 Å². The van der Waals surface area contributed by atoms with Crippen molar-refractivity contribution in [3.63, 3.8) is 0 Å². The van der Waals surface area contributed by atoms with Crippen molar-refractivity contribution in [2.75, 3.05) is 5.33 Å². The molecule has 0 saturated heterocycles. The third-order valence-electron chi connectivity index (χ3n) is 1.52. The van der Waals surface area contributed by atoms with Gasteiger partial charge in [0.1, 0.15) is 6.29 Å². The van der Waals surface area contributed by atoms with Crippen LogP contribution in [0.2, 0.25) is 0 Å². The number of halogens is 1. The smallest absolute Gasteiger partial charge is 0.125 e. The number of unbranched alkanes of at least 4 members (excludes halogenated alkanes) is 1. The normalized spacial score (nSPS) is 11.5. The van der Waals surface area contributed by atoms with Crippen molar-refractivity contribution >= 4 is 22.2 Å². The monoisotopic (exact) mass is 206 g/mol. The molecule has 60 valence electrons. The molecular formula is C8H15BrO. The van der Waals surface area contributed by atoms with Crippen molar-refractivity contribution in [1.29, 1.82) is 0 Å². The summed E-state index contributed by atoms with van der Waals surface area (Å²) in [6.07, 6.45) is 4.34. The van der Waals surface area contributed by atoms with E-state index in [2.05, 4.69) is 15.9 Å². The lowest BCUT2D eigenvalue weighted by atomic mass is 9.89. The molecule has 0 spiro atoms. The SMILES string of the molecule is CC(C)(C=O)CCCCBr. The fourth-order valence-electron chi connectivity index (χ4n) is 0.734. The number of hydrogen-bond acceptors (Lipinski definition) is 1. The first kappa shape index (κ1) is 10.2. The third-order valence-corrected chi connectivity index (χ3v) is 2.08. The second-order valence-corrected chi connectivity index (χ2v) is 4.05. The van der Waals surface area contributed by atoms with Gasteiger partial charge in [-0.25, -0.2) is 0 Å². The Morgan fingerprint density at radius 1 is 1.40 bits per heavy atom. The van der Waals surface area contributed by atoms with Gasteiger partial charge in [0.25, 0.3) is 0 Å². The Hall–Kier alpha value is 0.150. The van der Waals surface area contributed by atoms with Gasteiger partial charge in [-0.2, -0.15) is 0 Å². The summed E-state index contributed by atoms with van der Waals surface area (Å²) in [5.41, 5.74) is -0.109. The molecule has 0 aliphatic carbocycles. The maximum atomic E-state index is 10.4. The molecule has 0 aromatic heterocycles. The highest BCUT2D eigenvalue weighted by molar-refractivity contribution is 9.09. The second-order valence-electron chi connectivity index (χ2n) is 3.25. The van der Waals surface area contributed by atoms with Crippen molar-refractivity contribution in [1.82, 2.24) is 0 Å². The van der Waals surface area contributed by atoms with Crippen molar-refractivity contribution < 1.29 is 4.79 Å². The Morgan fingerprint density at radius 3 is 2.40 bits per heavy atom. The molecule has 0 heterocycles. The summed E-state index contributed by atoms with van der Waals surface area (Å²) in [6, 6.07) is 0. The minimum absolute atomic E-state index is 0.109. The Kier molecular flexibility index (Phi) is 4.96. The molecule has 0 N–H and O–H groups in total. The lowest BCUT2D eigenvalue weighted by Gasteiger charge is -2.15. The number of alkyl halides is 1. The molecule has 0 saturated carbocycles. The number of rotatable bonds is 5. The molecule has 0 unspecified atom stereocenters. The Bertz CT molecular complexity index is 99.4. The van der Waals surface area contributed by atoms with Gasteiger partial charge in [0.05, 0.1) is 0 Å². The number of aldehydes is 1. The van der Waals surface area contributed by atoms with Crippen LogP contribution in [0.5, 0.6) is 0 Å². The summed E-state index contributed by atoms with van der Waals surface area (Å²) in [5.74, 6) is 0. The average Bonchev–Trinajstić information content (AvgIpc) is 1.89. The molecule has 0 aliphatic rings. The van der Waals surface area contributed by atoms with Crippen LogP contribution < -0.4 is 0 Å². The van der Waals surface area contributed by atoms with Crippen LogP contribution in [-0.4, -0.2) is 11.6 Å². The molecule has 0 aliphatic heterocycles. The zero-order valence-corrected chi connectivity index (χ0v) is 8.28. The topological polar surface area (TPSA) is 17.1 Å². The van der Waals surface area contributed by atoms with E-state index in [0.717, 1.165) is 30.9 Å². The van der Waals surface area contributed by atoms with Gasteiger partial charge in [-0.3, -0.25) is 0 Å². The first-order valence-corrected chi connectivity index (χ1v) is 4.77. The molecule has 10 heavy (non-hydrogen) atoms. The van der Waals surface area contributed by atoms with Crippen LogP contribution in [0, 0.1) is 5.41 Å². The van der Waals surface area contributed by atoms with Crippen LogP contribution in [-0.2, 0) is 4.79 Å². The number of hydrogen-bond donors (Lipinski definition) is 0. The molecular weight excluding hydrogens is 192 g/mol. The van der Waals surface area contributed by atoms with Crippen molar-refractivity contribution in [3.8, 4) is 0 Å². The van der Waals surface area contributed by atoms with Gasteiger partial charge in [0, 0.05) is 10.7 Å². The third kappa shape index (κ3) is 4.98. The summed E-state index contributed by atoms with van der Waals surface area (Å²) < 4.78 is 0. The van der Waals surface area contributed by atoms with Crippen LogP contribution in [0.25, 0.3) is 0 Å². The zero-order chi connectivity index (χ0) is 8.04. The molecule has 1 nitrogen and oxygen atoms in total. The second kappa shape index (κ2) is 4.89. The highest BCUT2D eigenvalue weighted by Crippen LogP contribution is 2.19. The first-order valence-electron chi connectivity index (χ1n) is 3.65. The van der Waals surface area contributed by atoms with Crippen LogP contribution in [0.3, 0.4) is 0 Å². The molecule has 0 bridgehead atoms. The standard InChI is InChI=1S/C8H15BrO/c1-8(2,7-10)5-3-4-6-9/h7H,3-6H2,1-2H3. The van der Waals surface area contributed by atoms with Crippen LogP contribution in [0.1, 0.15) is 33.1 Å². The van der Waals surface area contributed by atoms with E-state index in [0.29, 0.717) is 0 Å². The first-order chi connectivity index (χ1) is 4.62. The molecule has 0 rings (SSSR count). The van der Waals surface area contributed by atoms with Gasteiger partial charge in [0.2, 0.25) is 0 Å². The minimum Gasteiger partial charge on any atom is -0.303 e. The summed E-state index contributed by atoms with van der Waals surface area (Å²) in [4.78, 5) is 10.4. The summed E-state index contributed by atoms with van der Waals surface area (Å²) >= 11 is 3.35. The van der Waals surface area contributed by atoms with Gasteiger partial charge in [-0.1, -0.05) is 36.2 Å². The Balaban J connectivity index is 3.37. The Morgan fingerprint density at radius 2 is 2.00 bits per heavy atom. The van der Waals surface area contributed by atoms with Gasteiger partial charge < -0.3 is 4.79 Å². The lowest BCUT2D eigenvalue weighted by Crippen LogP contribution is -2.12. The average molecular weight is 207 g/mol. The van der Waals surface area contributed by atoms with E-state index in [1.165, 1.54) is 0 Å². The van der Waals surface area contributed by atoms with Crippen molar-refractivity contribution in [2.24, 2.45) is 5.41 Å². The number of carbonyl (C=O) groups excluding carboxylic acids is 1. The fourth-order valence-corrected chi connectivity index (χ4v) is 1.13. The van der Waals surface area contributed by atoms with E-state index in [1.54, 1.807) is 0 Å². The molecule has 0 fully saturated rings. The summed E-state index contributed by atoms with van der Waals surface area (Å²) in [7, 11) is 0. The predicted molar refractivity (Wildman–Crippen MR) is 47.5 cm³/mol. The summed E-state index contributed by atoms with van der Waals surface area (Å²) in [5, 5.41) is 1.04. The lowest BCUT2D eigenvalue weighted by molar-refractivity contribution is -0.115. The maximum Gasteiger partial charge on any atom is 0.125 e. The van der Waals surface area contributed by atoms with Crippen molar-refractivity contribution in [3.05, 3.63) is 0 Å².